The van der Waals surface area contributed by atoms with Crippen molar-refractivity contribution in [1.82, 2.24) is 0 Å². The standard InChI is InChI=1S/C19H15ClO2/c20-17-9-16(10-18(21)12-17)15-7-4-8-19(11-15)22-13-14-5-2-1-3-6-14/h1-12,21H,13H2. The second-order valence-electron chi connectivity index (χ2n) is 5.00. The van der Waals surface area contributed by atoms with Gasteiger partial charge in [0.1, 0.15) is 18.1 Å². The molecule has 0 spiro atoms. The van der Waals surface area contributed by atoms with Crippen LogP contribution in [-0.2, 0) is 6.61 Å². The summed E-state index contributed by atoms with van der Waals surface area (Å²) in [5.74, 6) is 0.930. The second kappa shape index (κ2) is 6.54. The van der Waals surface area contributed by atoms with Crippen molar-refractivity contribution < 1.29 is 9.84 Å². The van der Waals surface area contributed by atoms with Crippen LogP contribution < -0.4 is 4.74 Å². The second-order valence-corrected chi connectivity index (χ2v) is 5.44. The van der Waals surface area contributed by atoms with Crippen LogP contribution in [-0.4, -0.2) is 5.11 Å². The van der Waals surface area contributed by atoms with Gasteiger partial charge in [-0.05, 0) is 47.0 Å². The number of hydrogen-bond acceptors (Lipinski definition) is 2. The van der Waals surface area contributed by atoms with Crippen LogP contribution in [0.2, 0.25) is 5.02 Å². The van der Waals surface area contributed by atoms with Crippen LogP contribution in [0, 0.1) is 0 Å². The summed E-state index contributed by atoms with van der Waals surface area (Å²) in [5, 5.41) is 10.2. The van der Waals surface area contributed by atoms with Crippen molar-refractivity contribution in [2.45, 2.75) is 6.61 Å². The van der Waals surface area contributed by atoms with Crippen molar-refractivity contribution in [3.63, 3.8) is 0 Å². The van der Waals surface area contributed by atoms with Gasteiger partial charge >= 0.3 is 0 Å². The van der Waals surface area contributed by atoms with Gasteiger partial charge in [-0.2, -0.15) is 0 Å². The van der Waals surface area contributed by atoms with Gasteiger partial charge in [-0.1, -0.05) is 54.1 Å². The number of benzene rings is 3. The molecule has 1 N–H and O–H groups in total. The maximum absolute atomic E-state index is 9.66. The summed E-state index contributed by atoms with van der Waals surface area (Å²) >= 11 is 5.99. The molecular formula is C19H15ClO2. The molecule has 3 aromatic carbocycles. The first kappa shape index (κ1) is 14.5. The van der Waals surface area contributed by atoms with Gasteiger partial charge in [-0.25, -0.2) is 0 Å². The largest absolute Gasteiger partial charge is 0.508 e. The van der Waals surface area contributed by atoms with E-state index in [9.17, 15) is 5.11 Å². The zero-order chi connectivity index (χ0) is 15.4. The van der Waals surface area contributed by atoms with Gasteiger partial charge in [0.2, 0.25) is 0 Å². The van der Waals surface area contributed by atoms with Crippen molar-refractivity contribution in [2.75, 3.05) is 0 Å². The van der Waals surface area contributed by atoms with E-state index >= 15 is 0 Å². The maximum Gasteiger partial charge on any atom is 0.120 e. The molecule has 0 heterocycles. The smallest absolute Gasteiger partial charge is 0.120 e. The van der Waals surface area contributed by atoms with E-state index in [1.54, 1.807) is 6.07 Å². The average molecular weight is 311 g/mol. The van der Waals surface area contributed by atoms with Crippen LogP contribution in [0.5, 0.6) is 11.5 Å². The molecule has 0 unspecified atom stereocenters. The lowest BCUT2D eigenvalue weighted by Gasteiger charge is -2.09. The van der Waals surface area contributed by atoms with E-state index in [4.69, 9.17) is 16.3 Å². The monoisotopic (exact) mass is 310 g/mol. The Morgan fingerprint density at radius 1 is 0.818 bits per heavy atom. The van der Waals surface area contributed by atoms with Crippen molar-refractivity contribution in [3.8, 4) is 22.6 Å². The number of hydrogen-bond donors (Lipinski definition) is 1. The first-order valence-corrected chi connectivity index (χ1v) is 7.35. The predicted octanol–water partition coefficient (Wildman–Crippen LogP) is 5.29. The third kappa shape index (κ3) is 3.60. The normalized spacial score (nSPS) is 10.4. The Hall–Kier alpha value is -2.45. The SMILES string of the molecule is Oc1cc(Cl)cc(-c2cccc(OCc3ccccc3)c2)c1. The summed E-state index contributed by atoms with van der Waals surface area (Å²) in [6, 6.07) is 22.8. The van der Waals surface area contributed by atoms with Gasteiger partial charge in [0.25, 0.3) is 0 Å². The molecule has 0 aliphatic rings. The predicted molar refractivity (Wildman–Crippen MR) is 89.3 cm³/mol. The van der Waals surface area contributed by atoms with Gasteiger partial charge in [-0.3, -0.25) is 0 Å². The number of phenolic OH excluding ortho intramolecular Hbond substituents is 1. The van der Waals surface area contributed by atoms with Gasteiger partial charge in [-0.15, -0.1) is 0 Å². The Bertz CT molecular complexity index is 749. The van der Waals surface area contributed by atoms with E-state index in [1.165, 1.54) is 6.07 Å². The van der Waals surface area contributed by atoms with Gasteiger partial charge < -0.3 is 9.84 Å². The van der Waals surface area contributed by atoms with Gasteiger partial charge in [0, 0.05) is 5.02 Å². The molecule has 3 rings (SSSR count). The number of ether oxygens (including phenoxy) is 1. The van der Waals surface area contributed by atoms with Crippen molar-refractivity contribution in [3.05, 3.63) is 83.4 Å². The fraction of sp³-hybridized carbons (Fsp3) is 0.0526. The zero-order valence-corrected chi connectivity index (χ0v) is 12.6. The number of halogens is 1. The van der Waals surface area contributed by atoms with Gasteiger partial charge in [0.05, 0.1) is 0 Å². The Morgan fingerprint density at radius 3 is 2.41 bits per heavy atom. The summed E-state index contributed by atoms with van der Waals surface area (Å²) in [5.41, 5.74) is 2.92. The number of aromatic hydroxyl groups is 1. The fourth-order valence-electron chi connectivity index (χ4n) is 2.25. The molecule has 22 heavy (non-hydrogen) atoms. The van der Waals surface area contributed by atoms with Crippen LogP contribution in [0.25, 0.3) is 11.1 Å². The molecule has 0 aliphatic heterocycles. The molecule has 0 bridgehead atoms. The molecule has 0 radical (unpaired) electrons. The highest BCUT2D eigenvalue weighted by Gasteiger charge is 2.04. The van der Waals surface area contributed by atoms with E-state index in [0.717, 1.165) is 22.4 Å². The van der Waals surface area contributed by atoms with E-state index in [2.05, 4.69) is 0 Å². The third-order valence-electron chi connectivity index (χ3n) is 3.30. The van der Waals surface area contributed by atoms with E-state index in [1.807, 2.05) is 60.7 Å². The maximum atomic E-state index is 9.66. The highest BCUT2D eigenvalue weighted by atomic mass is 35.5. The Balaban J connectivity index is 1.80. The van der Waals surface area contributed by atoms with E-state index < -0.39 is 0 Å². The van der Waals surface area contributed by atoms with Crippen molar-refractivity contribution >= 4 is 11.6 Å². The number of phenols is 1. The van der Waals surface area contributed by atoms with Crippen LogP contribution >= 0.6 is 11.6 Å². The van der Waals surface area contributed by atoms with E-state index in [0.29, 0.717) is 11.6 Å². The first-order valence-electron chi connectivity index (χ1n) is 6.97. The molecule has 0 aromatic heterocycles. The minimum atomic E-state index is 0.151. The topological polar surface area (TPSA) is 29.5 Å². The molecule has 2 nitrogen and oxygen atoms in total. The van der Waals surface area contributed by atoms with Gasteiger partial charge in [0.15, 0.2) is 0 Å². The first-order chi connectivity index (χ1) is 10.7. The molecule has 110 valence electrons. The summed E-state index contributed by atoms with van der Waals surface area (Å²) in [6.45, 7) is 0.519. The quantitative estimate of drug-likeness (QED) is 0.709. The zero-order valence-electron chi connectivity index (χ0n) is 11.9. The molecule has 3 heteroatoms. The minimum absolute atomic E-state index is 0.151. The van der Waals surface area contributed by atoms with Crippen LogP contribution in [0.15, 0.2) is 72.8 Å². The Kier molecular flexibility index (Phi) is 4.31. The highest BCUT2D eigenvalue weighted by Crippen LogP contribution is 2.30. The fourth-order valence-corrected chi connectivity index (χ4v) is 2.48. The summed E-state index contributed by atoms with van der Waals surface area (Å²) in [6.07, 6.45) is 0. The molecule has 0 fully saturated rings. The lowest BCUT2D eigenvalue weighted by atomic mass is 10.1. The molecule has 3 aromatic rings. The third-order valence-corrected chi connectivity index (χ3v) is 3.52. The van der Waals surface area contributed by atoms with Crippen molar-refractivity contribution in [1.29, 1.82) is 0 Å². The summed E-state index contributed by atoms with van der Waals surface area (Å²) in [7, 11) is 0. The van der Waals surface area contributed by atoms with Crippen LogP contribution in [0.4, 0.5) is 0 Å². The molecular weight excluding hydrogens is 296 g/mol. The Morgan fingerprint density at radius 2 is 1.64 bits per heavy atom. The lowest BCUT2D eigenvalue weighted by molar-refractivity contribution is 0.306. The average Bonchev–Trinajstić information content (AvgIpc) is 2.53. The Labute approximate surface area is 134 Å². The highest BCUT2D eigenvalue weighted by molar-refractivity contribution is 6.31. The minimum Gasteiger partial charge on any atom is -0.508 e. The molecule has 0 aliphatic carbocycles. The molecule has 0 saturated carbocycles. The van der Waals surface area contributed by atoms with Crippen molar-refractivity contribution in [2.24, 2.45) is 0 Å². The number of rotatable bonds is 4. The van der Waals surface area contributed by atoms with E-state index in [-0.39, 0.29) is 5.75 Å². The van der Waals surface area contributed by atoms with Crippen LogP contribution in [0.3, 0.4) is 0 Å². The lowest BCUT2D eigenvalue weighted by Crippen LogP contribution is -1.95. The van der Waals surface area contributed by atoms with Crippen LogP contribution in [0.1, 0.15) is 5.56 Å². The summed E-state index contributed by atoms with van der Waals surface area (Å²) in [4.78, 5) is 0. The molecule has 0 atom stereocenters. The molecule has 0 amide bonds. The molecule has 0 saturated heterocycles. The summed E-state index contributed by atoms with van der Waals surface area (Å²) < 4.78 is 5.82.